The molecule has 2 atom stereocenters. The molecular weight excluding hydrogens is 552 g/mol. The number of aromatic amines is 1. The number of aromatic nitrogens is 1. The number of ether oxygens (including phenoxy) is 1. The van der Waals surface area contributed by atoms with Crippen molar-refractivity contribution in [3.63, 3.8) is 0 Å². The molecule has 3 heterocycles. The number of carbonyl (C=O) groups excluding carboxylic acids is 3. The number of hydrogen-bond donors (Lipinski definition) is 1. The maximum absolute atomic E-state index is 14.3. The average Bonchev–Trinajstić information content (AvgIpc) is 3.69. The Morgan fingerprint density at radius 3 is 2.07 bits per heavy atom. The van der Waals surface area contributed by atoms with E-state index >= 15 is 0 Å². The summed E-state index contributed by atoms with van der Waals surface area (Å²) in [7, 11) is 1.55. The van der Waals surface area contributed by atoms with Crippen molar-refractivity contribution in [3.05, 3.63) is 101 Å². The Morgan fingerprint density at radius 1 is 0.864 bits per heavy atom. The number of carbonyl (C=O) groups is 3. The summed E-state index contributed by atoms with van der Waals surface area (Å²) in [6, 6.07) is 24.5. The maximum atomic E-state index is 14.3. The summed E-state index contributed by atoms with van der Waals surface area (Å²) in [5.41, 5.74) is 4.41. The van der Waals surface area contributed by atoms with E-state index in [0.717, 1.165) is 12.8 Å². The largest absolute Gasteiger partial charge is 0.496 e. The Hall–Kier alpha value is -4.43. The fourth-order valence-corrected chi connectivity index (χ4v) is 6.95. The lowest BCUT2D eigenvalue weighted by atomic mass is 9.93. The van der Waals surface area contributed by atoms with Gasteiger partial charge in [-0.2, -0.15) is 0 Å². The molecule has 0 spiro atoms. The summed E-state index contributed by atoms with van der Waals surface area (Å²) in [4.78, 5) is 50.0. The number of hydrogen-bond acceptors (Lipinski definition) is 5. The van der Waals surface area contributed by atoms with E-state index in [4.69, 9.17) is 4.74 Å². The Morgan fingerprint density at radius 2 is 1.48 bits per heavy atom. The number of Topliss-reactive ketones (excluding diaryl/α,β-unsaturated/α-hetero) is 1. The number of amides is 2. The van der Waals surface area contributed by atoms with E-state index in [2.05, 4.69) is 72.3 Å². The summed E-state index contributed by atoms with van der Waals surface area (Å²) in [5.74, 6) is -0.743. The molecule has 2 fully saturated rings. The predicted octanol–water partition coefficient (Wildman–Crippen LogP) is 5.61. The number of rotatable bonds is 7. The van der Waals surface area contributed by atoms with Crippen LogP contribution in [-0.4, -0.2) is 82.7 Å². The smallest absolute Gasteiger partial charge is 0.295 e. The van der Waals surface area contributed by atoms with Gasteiger partial charge >= 0.3 is 0 Å². The number of H-pyrrole nitrogens is 1. The van der Waals surface area contributed by atoms with Crippen molar-refractivity contribution in [2.24, 2.45) is 0 Å². The summed E-state index contributed by atoms with van der Waals surface area (Å²) in [6.07, 6.45) is 1.81. The molecule has 1 aromatic heterocycles. The lowest BCUT2D eigenvalue weighted by Crippen LogP contribution is -2.58. The molecule has 44 heavy (non-hydrogen) atoms. The maximum Gasteiger partial charge on any atom is 0.295 e. The van der Waals surface area contributed by atoms with Gasteiger partial charge in [-0.25, -0.2) is 0 Å². The second-order valence-corrected chi connectivity index (χ2v) is 12.1. The fraction of sp³-hybridized carbons (Fsp3) is 0.361. The number of methoxy groups -OCH3 is 1. The van der Waals surface area contributed by atoms with Crippen LogP contribution in [0.4, 0.5) is 0 Å². The van der Waals surface area contributed by atoms with E-state index < -0.39 is 11.7 Å². The lowest BCUT2D eigenvalue weighted by Gasteiger charge is -2.47. The number of fused-ring (bicyclic) bond motifs is 1. The van der Waals surface area contributed by atoms with E-state index in [0.29, 0.717) is 59.7 Å². The molecule has 3 aromatic carbocycles. The molecule has 8 nitrogen and oxygen atoms in total. The highest BCUT2D eigenvalue weighted by atomic mass is 16.5. The number of nitrogens with one attached hydrogen (secondary N) is 1. The van der Waals surface area contributed by atoms with Crippen LogP contribution in [0.5, 0.6) is 5.75 Å². The molecule has 2 aliphatic rings. The van der Waals surface area contributed by atoms with Gasteiger partial charge in [-0.05, 0) is 50.8 Å². The highest BCUT2D eigenvalue weighted by molar-refractivity contribution is 6.45. The first-order valence-electron chi connectivity index (χ1n) is 15.5. The quantitative estimate of drug-likeness (QED) is 0.223. The second-order valence-electron chi connectivity index (χ2n) is 12.1. The van der Waals surface area contributed by atoms with Gasteiger partial charge in [0.25, 0.3) is 17.6 Å². The number of aryl methyl sites for hydroxylation is 1. The standard InChI is InChI=1S/C36H40N4O4/c1-23-22-40(24(2)21-39(23)33(26-13-7-5-8-14-26)27-15-9-6-10-16-27)35(42)29-19-28-30(20-31(29)44-4)37-25(3)32(28)34(41)36(43)38-17-11-12-18-38/h5-10,13-16,19-20,23-24,33,37H,11-12,17-18,21-22H2,1-4H3/t23-,24+/m0/s1. The number of benzene rings is 3. The van der Waals surface area contributed by atoms with Gasteiger partial charge in [-0.15, -0.1) is 0 Å². The van der Waals surface area contributed by atoms with Crippen molar-refractivity contribution < 1.29 is 19.1 Å². The molecule has 6 rings (SSSR count). The van der Waals surface area contributed by atoms with Crippen molar-refractivity contribution >= 4 is 28.5 Å². The van der Waals surface area contributed by atoms with Gasteiger partial charge in [-0.1, -0.05) is 60.7 Å². The highest BCUT2D eigenvalue weighted by Crippen LogP contribution is 2.36. The zero-order valence-electron chi connectivity index (χ0n) is 25.9. The van der Waals surface area contributed by atoms with Crippen LogP contribution in [0.2, 0.25) is 0 Å². The molecule has 0 unspecified atom stereocenters. The van der Waals surface area contributed by atoms with Gasteiger partial charge in [0, 0.05) is 55.4 Å². The van der Waals surface area contributed by atoms with Crippen molar-refractivity contribution in [2.45, 2.75) is 51.7 Å². The molecule has 1 N–H and O–H groups in total. The Balaban J connectivity index is 1.31. The van der Waals surface area contributed by atoms with Gasteiger partial charge in [-0.3, -0.25) is 19.3 Å². The number of piperazine rings is 1. The molecule has 0 saturated carbocycles. The van der Waals surface area contributed by atoms with Gasteiger partial charge in [0.2, 0.25) is 0 Å². The topological polar surface area (TPSA) is 85.9 Å². The van der Waals surface area contributed by atoms with Crippen LogP contribution in [0.25, 0.3) is 10.9 Å². The van der Waals surface area contributed by atoms with Gasteiger partial charge < -0.3 is 19.5 Å². The zero-order chi connectivity index (χ0) is 31.0. The first-order chi connectivity index (χ1) is 21.3. The van der Waals surface area contributed by atoms with Crippen molar-refractivity contribution in [1.29, 1.82) is 0 Å². The SMILES string of the molecule is COc1cc2[nH]c(C)c(C(=O)C(=O)N3CCCC3)c2cc1C(=O)N1C[C@H](C)N(C(c2ccccc2)c2ccccc2)C[C@H]1C. The van der Waals surface area contributed by atoms with Gasteiger partial charge in [0.15, 0.2) is 0 Å². The predicted molar refractivity (Wildman–Crippen MR) is 171 cm³/mol. The molecular formula is C36H40N4O4. The van der Waals surface area contributed by atoms with Crippen LogP contribution in [-0.2, 0) is 4.79 Å². The van der Waals surface area contributed by atoms with Crippen molar-refractivity contribution in [2.75, 3.05) is 33.3 Å². The monoisotopic (exact) mass is 592 g/mol. The van der Waals surface area contributed by atoms with Crippen LogP contribution in [0.15, 0.2) is 72.8 Å². The normalized spacial score (nSPS) is 19.1. The average molecular weight is 593 g/mol. The van der Waals surface area contributed by atoms with Gasteiger partial charge in [0.1, 0.15) is 5.75 Å². The molecule has 8 heteroatoms. The summed E-state index contributed by atoms with van der Waals surface area (Å²) in [6.45, 7) is 8.45. The number of nitrogens with zero attached hydrogens (tertiary/aromatic N) is 3. The Kier molecular flexibility index (Phi) is 8.27. The Labute approximate surface area is 258 Å². The lowest BCUT2D eigenvalue weighted by molar-refractivity contribution is -0.125. The van der Waals surface area contributed by atoms with Crippen LogP contribution in [0.1, 0.15) is 70.3 Å². The molecule has 2 amide bonds. The number of likely N-dealkylation sites (tertiary alicyclic amines) is 1. The first kappa shape index (κ1) is 29.6. The molecule has 0 bridgehead atoms. The van der Waals surface area contributed by atoms with E-state index in [-0.39, 0.29) is 24.0 Å². The molecule has 2 saturated heterocycles. The highest BCUT2D eigenvalue weighted by Gasteiger charge is 2.38. The molecule has 0 aliphatic carbocycles. The van der Waals surface area contributed by atoms with E-state index in [1.54, 1.807) is 31.1 Å². The van der Waals surface area contributed by atoms with Crippen molar-refractivity contribution in [3.8, 4) is 5.75 Å². The minimum atomic E-state index is -0.539. The molecule has 0 radical (unpaired) electrons. The minimum absolute atomic E-state index is 0.0579. The Bertz CT molecular complexity index is 1640. The molecule has 228 valence electrons. The van der Waals surface area contributed by atoms with Gasteiger partial charge in [0.05, 0.1) is 29.8 Å². The van der Waals surface area contributed by atoms with Crippen LogP contribution in [0.3, 0.4) is 0 Å². The number of ketones is 1. The van der Waals surface area contributed by atoms with Crippen LogP contribution in [0, 0.1) is 6.92 Å². The zero-order valence-corrected chi connectivity index (χ0v) is 25.9. The summed E-state index contributed by atoms with van der Waals surface area (Å²) < 4.78 is 5.70. The third-order valence-corrected chi connectivity index (χ3v) is 9.21. The van der Waals surface area contributed by atoms with E-state index in [1.165, 1.54) is 11.1 Å². The van der Waals surface area contributed by atoms with Crippen LogP contribution >= 0.6 is 0 Å². The second kappa shape index (κ2) is 12.3. The summed E-state index contributed by atoms with van der Waals surface area (Å²) in [5, 5.41) is 0.566. The third kappa shape index (κ3) is 5.39. The molecule has 2 aliphatic heterocycles. The minimum Gasteiger partial charge on any atom is -0.496 e. The third-order valence-electron chi connectivity index (χ3n) is 9.21. The van der Waals surface area contributed by atoms with Crippen LogP contribution < -0.4 is 4.74 Å². The van der Waals surface area contributed by atoms with Crippen molar-refractivity contribution in [1.82, 2.24) is 19.7 Å². The summed E-state index contributed by atoms with van der Waals surface area (Å²) >= 11 is 0. The first-order valence-corrected chi connectivity index (χ1v) is 15.5. The van der Waals surface area contributed by atoms with E-state index in [1.807, 2.05) is 17.0 Å². The fourth-order valence-electron chi connectivity index (χ4n) is 6.95. The molecule has 4 aromatic rings. The van der Waals surface area contributed by atoms with E-state index in [9.17, 15) is 14.4 Å².